The van der Waals surface area contributed by atoms with Crippen molar-refractivity contribution in [1.29, 1.82) is 0 Å². The van der Waals surface area contributed by atoms with Crippen molar-refractivity contribution in [2.45, 2.75) is 31.2 Å². The van der Waals surface area contributed by atoms with Gasteiger partial charge in [0.25, 0.3) is 0 Å². The van der Waals surface area contributed by atoms with Crippen LogP contribution < -0.4 is 5.73 Å². The highest BCUT2D eigenvalue weighted by Gasteiger charge is 2.38. The molecule has 3 N–H and O–H groups in total. The molecule has 0 spiro atoms. The standard InChI is InChI=1S/C19H15F7N2/c20-12-3-1-10(2-4-12)5-13(27)8-14-9-15-16(19(24,25)26)6-11(18(21,22)23)7-17(15)28-14/h1-4,6-7,9,13,28H,5,8,27H2/t13-/m1/s1. The lowest BCUT2D eigenvalue weighted by molar-refractivity contribution is -0.142. The van der Waals surface area contributed by atoms with Gasteiger partial charge in [0.15, 0.2) is 0 Å². The van der Waals surface area contributed by atoms with Crippen molar-refractivity contribution >= 4 is 10.9 Å². The molecule has 0 bridgehead atoms. The average Bonchev–Trinajstić information content (AvgIpc) is 2.96. The van der Waals surface area contributed by atoms with Crippen molar-refractivity contribution in [2.24, 2.45) is 5.73 Å². The summed E-state index contributed by atoms with van der Waals surface area (Å²) in [5.74, 6) is -0.409. The molecule has 1 aromatic heterocycles. The highest BCUT2D eigenvalue weighted by molar-refractivity contribution is 5.85. The van der Waals surface area contributed by atoms with Crippen LogP contribution >= 0.6 is 0 Å². The molecule has 0 saturated carbocycles. The zero-order valence-corrected chi connectivity index (χ0v) is 14.3. The third-order valence-electron chi connectivity index (χ3n) is 4.32. The summed E-state index contributed by atoms with van der Waals surface area (Å²) in [4.78, 5) is 2.61. The molecule has 3 aromatic rings. The summed E-state index contributed by atoms with van der Waals surface area (Å²) >= 11 is 0. The van der Waals surface area contributed by atoms with Crippen LogP contribution in [0.15, 0.2) is 42.5 Å². The number of hydrogen-bond acceptors (Lipinski definition) is 1. The van der Waals surface area contributed by atoms with E-state index in [0.717, 1.165) is 5.56 Å². The van der Waals surface area contributed by atoms with E-state index in [9.17, 15) is 30.7 Å². The van der Waals surface area contributed by atoms with Crippen LogP contribution in [0.4, 0.5) is 30.7 Å². The van der Waals surface area contributed by atoms with Gasteiger partial charge in [-0.15, -0.1) is 0 Å². The van der Waals surface area contributed by atoms with Crippen molar-refractivity contribution in [3.05, 3.63) is 70.7 Å². The lowest BCUT2D eigenvalue weighted by atomic mass is 10.0. The summed E-state index contributed by atoms with van der Waals surface area (Å²) in [5, 5.41) is -0.343. The molecule has 2 nitrogen and oxygen atoms in total. The Morgan fingerprint density at radius 2 is 1.50 bits per heavy atom. The molecule has 0 aliphatic carbocycles. The fraction of sp³-hybridized carbons (Fsp3) is 0.263. The van der Waals surface area contributed by atoms with Crippen molar-refractivity contribution < 1.29 is 30.7 Å². The monoisotopic (exact) mass is 404 g/mol. The number of aromatic amines is 1. The molecular formula is C19H15F7N2. The van der Waals surface area contributed by atoms with Gasteiger partial charge < -0.3 is 10.7 Å². The maximum Gasteiger partial charge on any atom is 0.417 e. The molecular weight excluding hydrogens is 389 g/mol. The average molecular weight is 404 g/mol. The zero-order chi connectivity index (χ0) is 20.7. The van der Waals surface area contributed by atoms with Gasteiger partial charge in [-0.2, -0.15) is 26.3 Å². The van der Waals surface area contributed by atoms with Gasteiger partial charge in [-0.1, -0.05) is 12.1 Å². The van der Waals surface area contributed by atoms with Crippen LogP contribution in [-0.2, 0) is 25.2 Å². The molecule has 0 amide bonds. The van der Waals surface area contributed by atoms with Crippen LogP contribution in [0.1, 0.15) is 22.4 Å². The Hall–Kier alpha value is -2.55. The maximum atomic E-state index is 13.2. The Labute approximate surface area is 155 Å². The van der Waals surface area contributed by atoms with E-state index in [1.165, 1.54) is 30.3 Å². The van der Waals surface area contributed by atoms with Gasteiger partial charge in [0.05, 0.1) is 11.1 Å². The topological polar surface area (TPSA) is 41.8 Å². The smallest absolute Gasteiger partial charge is 0.358 e. The van der Waals surface area contributed by atoms with Crippen LogP contribution in [-0.4, -0.2) is 11.0 Å². The quantitative estimate of drug-likeness (QED) is 0.558. The maximum absolute atomic E-state index is 13.2. The molecule has 0 saturated heterocycles. The summed E-state index contributed by atoms with van der Waals surface area (Å²) in [5.41, 5.74) is 4.04. The van der Waals surface area contributed by atoms with Crippen molar-refractivity contribution in [3.63, 3.8) is 0 Å². The zero-order valence-electron chi connectivity index (χ0n) is 14.3. The number of hydrogen-bond donors (Lipinski definition) is 2. The first kappa shape index (κ1) is 20.2. The van der Waals surface area contributed by atoms with Crippen LogP contribution in [0.25, 0.3) is 10.9 Å². The van der Waals surface area contributed by atoms with E-state index in [2.05, 4.69) is 4.98 Å². The predicted octanol–water partition coefficient (Wildman–Crippen LogP) is 5.46. The van der Waals surface area contributed by atoms with Crippen molar-refractivity contribution in [3.8, 4) is 0 Å². The van der Waals surface area contributed by atoms with Gasteiger partial charge >= 0.3 is 12.4 Å². The van der Waals surface area contributed by atoms with Gasteiger partial charge in [0.2, 0.25) is 0 Å². The minimum Gasteiger partial charge on any atom is -0.358 e. The van der Waals surface area contributed by atoms with Crippen LogP contribution in [0.2, 0.25) is 0 Å². The lowest BCUT2D eigenvalue weighted by Gasteiger charge is -2.12. The first-order valence-electron chi connectivity index (χ1n) is 8.23. The Bertz CT molecular complexity index is 969. The molecule has 0 unspecified atom stereocenters. The van der Waals surface area contributed by atoms with Gasteiger partial charge in [-0.05, 0) is 42.3 Å². The molecule has 28 heavy (non-hydrogen) atoms. The molecule has 150 valence electrons. The van der Waals surface area contributed by atoms with E-state index in [0.29, 0.717) is 12.5 Å². The Morgan fingerprint density at radius 3 is 2.07 bits per heavy atom. The Kier molecular flexibility index (Phi) is 5.14. The van der Waals surface area contributed by atoms with Crippen LogP contribution in [0.3, 0.4) is 0 Å². The Balaban J connectivity index is 1.91. The van der Waals surface area contributed by atoms with Gasteiger partial charge in [-0.3, -0.25) is 0 Å². The number of rotatable bonds is 4. The van der Waals surface area contributed by atoms with E-state index >= 15 is 0 Å². The summed E-state index contributed by atoms with van der Waals surface area (Å²) in [6, 6.07) is 7.02. The molecule has 0 aliphatic rings. The summed E-state index contributed by atoms with van der Waals surface area (Å²) < 4.78 is 91.5. The largest absolute Gasteiger partial charge is 0.417 e. The van der Waals surface area contributed by atoms with E-state index < -0.39 is 35.3 Å². The van der Waals surface area contributed by atoms with Crippen LogP contribution in [0.5, 0.6) is 0 Å². The molecule has 3 rings (SSSR count). The fourth-order valence-electron chi connectivity index (χ4n) is 3.08. The number of nitrogens with one attached hydrogen (secondary N) is 1. The first-order valence-corrected chi connectivity index (χ1v) is 8.23. The minimum atomic E-state index is -4.94. The molecule has 0 radical (unpaired) electrons. The van der Waals surface area contributed by atoms with E-state index in [1.807, 2.05) is 0 Å². The molecule has 1 heterocycles. The van der Waals surface area contributed by atoms with Crippen molar-refractivity contribution in [2.75, 3.05) is 0 Å². The van der Waals surface area contributed by atoms with E-state index in [1.54, 1.807) is 0 Å². The minimum absolute atomic E-state index is 0.110. The number of fused-ring (bicyclic) bond motifs is 1. The molecule has 1 atom stereocenters. The third-order valence-corrected chi connectivity index (χ3v) is 4.32. The summed E-state index contributed by atoms with van der Waals surface area (Å²) in [6.07, 6.45) is -9.39. The second-order valence-electron chi connectivity index (χ2n) is 6.57. The van der Waals surface area contributed by atoms with Crippen molar-refractivity contribution in [1.82, 2.24) is 4.98 Å². The summed E-state index contributed by atoms with van der Waals surface area (Å²) in [7, 11) is 0. The normalized spacial score (nSPS) is 13.9. The SMILES string of the molecule is N[C@H](Cc1ccc(F)cc1)Cc1cc2c(C(F)(F)F)cc(C(F)(F)F)cc2[nH]1. The first-order chi connectivity index (χ1) is 12.9. The van der Waals surface area contributed by atoms with E-state index in [-0.39, 0.29) is 29.1 Å². The number of aromatic nitrogens is 1. The fourth-order valence-corrected chi connectivity index (χ4v) is 3.08. The predicted molar refractivity (Wildman–Crippen MR) is 90.1 cm³/mol. The molecule has 2 aromatic carbocycles. The number of halogens is 7. The number of H-pyrrole nitrogens is 1. The third kappa shape index (κ3) is 4.46. The second-order valence-corrected chi connectivity index (χ2v) is 6.57. The lowest BCUT2D eigenvalue weighted by Crippen LogP contribution is -2.25. The van der Waals surface area contributed by atoms with Gasteiger partial charge in [0.1, 0.15) is 5.82 Å². The van der Waals surface area contributed by atoms with E-state index in [4.69, 9.17) is 5.73 Å². The van der Waals surface area contributed by atoms with Gasteiger partial charge in [-0.25, -0.2) is 4.39 Å². The molecule has 0 aliphatic heterocycles. The summed E-state index contributed by atoms with van der Waals surface area (Å²) in [6.45, 7) is 0. The highest BCUT2D eigenvalue weighted by Crippen LogP contribution is 2.40. The molecule has 0 fully saturated rings. The van der Waals surface area contributed by atoms with Gasteiger partial charge in [0, 0.05) is 29.1 Å². The highest BCUT2D eigenvalue weighted by atomic mass is 19.4. The number of nitrogens with two attached hydrogens (primary N) is 1. The number of benzene rings is 2. The second kappa shape index (κ2) is 7.12. The van der Waals surface area contributed by atoms with Crippen LogP contribution in [0, 0.1) is 5.82 Å². The Morgan fingerprint density at radius 1 is 0.857 bits per heavy atom. The molecule has 9 heteroatoms. The number of alkyl halides is 6.